The number of carbonyl (C=O) groups is 3. The summed E-state index contributed by atoms with van der Waals surface area (Å²) in [5.74, 6) is -1.24. The Morgan fingerprint density at radius 3 is 2.67 bits per heavy atom. The first-order chi connectivity index (χ1) is 12.9. The molecule has 0 saturated carbocycles. The van der Waals surface area contributed by atoms with Gasteiger partial charge in [-0.1, -0.05) is 23.8 Å². The molecule has 1 aromatic carbocycles. The lowest BCUT2D eigenvalue weighted by atomic mass is 9.97. The van der Waals surface area contributed by atoms with Crippen LogP contribution in [-0.4, -0.2) is 30.4 Å². The molecule has 0 unspecified atom stereocenters. The highest BCUT2D eigenvalue weighted by molar-refractivity contribution is 6.02. The van der Waals surface area contributed by atoms with E-state index in [4.69, 9.17) is 4.74 Å². The highest BCUT2D eigenvalue weighted by Crippen LogP contribution is 2.22. The minimum atomic E-state index is -0.913. The fraction of sp³-hybridized carbons (Fsp3) is 0.476. The van der Waals surface area contributed by atoms with Crippen LogP contribution in [-0.2, 0) is 14.3 Å². The van der Waals surface area contributed by atoms with Crippen LogP contribution in [0.4, 0.5) is 5.69 Å². The minimum Gasteiger partial charge on any atom is -0.449 e. The van der Waals surface area contributed by atoms with Crippen LogP contribution in [0, 0.1) is 6.92 Å². The number of rotatable bonds is 7. The summed E-state index contributed by atoms with van der Waals surface area (Å²) in [5, 5.41) is 5.47. The summed E-state index contributed by atoms with van der Waals surface area (Å²) >= 11 is 0. The fourth-order valence-electron chi connectivity index (χ4n) is 3.08. The van der Waals surface area contributed by atoms with Crippen LogP contribution in [0.2, 0.25) is 0 Å². The Balaban J connectivity index is 1.90. The maximum atomic E-state index is 12.5. The molecule has 1 atom stereocenters. The molecule has 0 spiro atoms. The zero-order chi connectivity index (χ0) is 19.8. The van der Waals surface area contributed by atoms with Crippen molar-refractivity contribution in [2.45, 2.75) is 59.0 Å². The van der Waals surface area contributed by atoms with Crippen molar-refractivity contribution in [3.05, 3.63) is 41.0 Å². The predicted octanol–water partition coefficient (Wildman–Crippen LogP) is 3.51. The van der Waals surface area contributed by atoms with Gasteiger partial charge in [0.15, 0.2) is 6.10 Å². The van der Waals surface area contributed by atoms with E-state index in [-0.39, 0.29) is 17.4 Å². The van der Waals surface area contributed by atoms with Crippen LogP contribution in [0.15, 0.2) is 29.8 Å². The van der Waals surface area contributed by atoms with Gasteiger partial charge in [0.05, 0.1) is 11.3 Å². The molecule has 2 rings (SSSR count). The van der Waals surface area contributed by atoms with Gasteiger partial charge in [-0.15, -0.1) is 0 Å². The van der Waals surface area contributed by atoms with Crippen molar-refractivity contribution in [1.29, 1.82) is 0 Å². The number of para-hydroxylation sites is 1. The number of hydrogen-bond acceptors (Lipinski definition) is 4. The summed E-state index contributed by atoms with van der Waals surface area (Å²) in [7, 11) is 0. The minimum absolute atomic E-state index is 0.234. The van der Waals surface area contributed by atoms with Crippen LogP contribution < -0.4 is 10.6 Å². The summed E-state index contributed by atoms with van der Waals surface area (Å²) in [6, 6.07) is 5.07. The first-order valence-corrected chi connectivity index (χ1v) is 9.42. The molecular formula is C21H28N2O4. The van der Waals surface area contributed by atoms with E-state index in [1.165, 1.54) is 25.3 Å². The molecule has 0 heterocycles. The second kappa shape index (κ2) is 9.90. The Morgan fingerprint density at radius 1 is 1.22 bits per heavy atom. The second-order valence-electron chi connectivity index (χ2n) is 6.88. The maximum absolute atomic E-state index is 12.5. The first kappa shape index (κ1) is 20.7. The smallest absolute Gasteiger partial charge is 0.341 e. The number of hydrogen-bond donors (Lipinski definition) is 2. The zero-order valence-corrected chi connectivity index (χ0v) is 16.3. The van der Waals surface area contributed by atoms with Crippen LogP contribution >= 0.6 is 0 Å². The van der Waals surface area contributed by atoms with Crippen molar-refractivity contribution in [3.63, 3.8) is 0 Å². The monoisotopic (exact) mass is 372 g/mol. The Labute approximate surface area is 160 Å². The van der Waals surface area contributed by atoms with Crippen molar-refractivity contribution in [1.82, 2.24) is 5.32 Å². The molecule has 0 fully saturated rings. The highest BCUT2D eigenvalue weighted by atomic mass is 16.5. The van der Waals surface area contributed by atoms with Gasteiger partial charge in [0.25, 0.3) is 5.91 Å². The highest BCUT2D eigenvalue weighted by Gasteiger charge is 2.21. The van der Waals surface area contributed by atoms with Crippen molar-refractivity contribution in [2.24, 2.45) is 0 Å². The maximum Gasteiger partial charge on any atom is 0.341 e. The molecule has 2 N–H and O–H groups in total. The number of ether oxygens (including phenoxy) is 1. The predicted molar refractivity (Wildman–Crippen MR) is 105 cm³/mol. The standard InChI is InChI=1S/C21H28N2O4/c1-14-8-7-11-18(19(14)23-16(3)24)21(26)27-15(2)20(25)22-13-12-17-9-5-4-6-10-17/h7-9,11,15H,4-6,10,12-13H2,1-3H3,(H,22,25)(H,23,24)/t15-/m0/s1. The summed E-state index contributed by atoms with van der Waals surface area (Å²) in [4.78, 5) is 36.1. The summed E-state index contributed by atoms with van der Waals surface area (Å²) in [6.45, 7) is 5.24. The molecule has 27 heavy (non-hydrogen) atoms. The van der Waals surface area contributed by atoms with E-state index in [1.807, 2.05) is 0 Å². The van der Waals surface area contributed by atoms with E-state index in [0.29, 0.717) is 12.2 Å². The Hall–Kier alpha value is -2.63. The molecule has 146 valence electrons. The number of aryl methyl sites for hydroxylation is 1. The van der Waals surface area contributed by atoms with E-state index >= 15 is 0 Å². The lowest BCUT2D eigenvalue weighted by Gasteiger charge is -2.17. The molecule has 6 heteroatoms. The average molecular weight is 372 g/mol. The largest absolute Gasteiger partial charge is 0.449 e. The van der Waals surface area contributed by atoms with Gasteiger partial charge in [0, 0.05) is 13.5 Å². The third-order valence-corrected chi connectivity index (χ3v) is 4.58. The van der Waals surface area contributed by atoms with E-state index in [9.17, 15) is 14.4 Å². The van der Waals surface area contributed by atoms with Gasteiger partial charge >= 0.3 is 5.97 Å². The molecule has 1 aliphatic carbocycles. The number of amides is 2. The van der Waals surface area contributed by atoms with Crippen molar-refractivity contribution in [2.75, 3.05) is 11.9 Å². The Bertz CT molecular complexity index is 740. The third kappa shape index (κ3) is 6.24. The molecule has 0 aliphatic heterocycles. The molecular weight excluding hydrogens is 344 g/mol. The van der Waals surface area contributed by atoms with E-state index < -0.39 is 12.1 Å². The first-order valence-electron chi connectivity index (χ1n) is 9.42. The van der Waals surface area contributed by atoms with E-state index in [1.54, 1.807) is 32.0 Å². The summed E-state index contributed by atoms with van der Waals surface area (Å²) in [6.07, 6.45) is 6.83. The van der Waals surface area contributed by atoms with Gasteiger partial charge in [-0.05, 0) is 57.6 Å². The van der Waals surface area contributed by atoms with Crippen molar-refractivity contribution < 1.29 is 19.1 Å². The number of allylic oxidation sites excluding steroid dienone is 1. The number of nitrogens with one attached hydrogen (secondary N) is 2. The summed E-state index contributed by atoms with van der Waals surface area (Å²) < 4.78 is 5.30. The molecule has 6 nitrogen and oxygen atoms in total. The fourth-order valence-corrected chi connectivity index (χ4v) is 3.08. The van der Waals surface area contributed by atoms with Gasteiger partial charge in [-0.2, -0.15) is 0 Å². The lowest BCUT2D eigenvalue weighted by molar-refractivity contribution is -0.129. The van der Waals surface area contributed by atoms with E-state index in [0.717, 1.165) is 24.8 Å². The van der Waals surface area contributed by atoms with Crippen LogP contribution in [0.5, 0.6) is 0 Å². The lowest BCUT2D eigenvalue weighted by Crippen LogP contribution is -2.36. The zero-order valence-electron chi connectivity index (χ0n) is 16.3. The number of carbonyl (C=O) groups excluding carboxylic acids is 3. The normalized spacial score (nSPS) is 14.7. The molecule has 2 amide bonds. The summed E-state index contributed by atoms with van der Waals surface area (Å²) in [5.41, 5.74) is 2.77. The molecule has 0 radical (unpaired) electrons. The third-order valence-electron chi connectivity index (χ3n) is 4.58. The second-order valence-corrected chi connectivity index (χ2v) is 6.88. The van der Waals surface area contributed by atoms with Crippen molar-refractivity contribution in [3.8, 4) is 0 Å². The van der Waals surface area contributed by atoms with Gasteiger partial charge in [-0.25, -0.2) is 4.79 Å². The Kier molecular flexibility index (Phi) is 7.58. The molecule has 1 aromatic rings. The van der Waals surface area contributed by atoms with Gasteiger partial charge in [-0.3, -0.25) is 9.59 Å². The van der Waals surface area contributed by atoms with Gasteiger partial charge < -0.3 is 15.4 Å². The van der Waals surface area contributed by atoms with Gasteiger partial charge in [0.2, 0.25) is 5.91 Å². The molecule has 0 aromatic heterocycles. The quantitative estimate of drug-likeness (QED) is 0.567. The molecule has 0 bridgehead atoms. The van der Waals surface area contributed by atoms with Gasteiger partial charge in [0.1, 0.15) is 0 Å². The van der Waals surface area contributed by atoms with Crippen LogP contribution in [0.3, 0.4) is 0 Å². The average Bonchev–Trinajstić information content (AvgIpc) is 2.63. The van der Waals surface area contributed by atoms with Crippen LogP contribution in [0.25, 0.3) is 0 Å². The van der Waals surface area contributed by atoms with E-state index in [2.05, 4.69) is 16.7 Å². The van der Waals surface area contributed by atoms with Crippen LogP contribution in [0.1, 0.15) is 61.9 Å². The Morgan fingerprint density at radius 2 is 2.00 bits per heavy atom. The SMILES string of the molecule is CC(=O)Nc1c(C)cccc1C(=O)O[C@@H](C)C(=O)NCCC1=CCCCC1. The topological polar surface area (TPSA) is 84.5 Å². The molecule has 1 aliphatic rings. The molecule has 0 saturated heterocycles. The number of esters is 1. The number of anilines is 1. The van der Waals surface area contributed by atoms with Crippen molar-refractivity contribution >= 4 is 23.5 Å². The number of benzene rings is 1.